The zero-order valence-corrected chi connectivity index (χ0v) is 14.4. The van der Waals surface area contributed by atoms with E-state index in [4.69, 9.17) is 0 Å². The summed E-state index contributed by atoms with van der Waals surface area (Å²) >= 11 is 0. The Balaban J connectivity index is 1.27. The summed E-state index contributed by atoms with van der Waals surface area (Å²) in [6.45, 7) is 4.95. The number of hydrogen-bond acceptors (Lipinski definition) is 4. The molecule has 2 aliphatic heterocycles. The molecule has 1 aromatic heterocycles. The van der Waals surface area contributed by atoms with E-state index in [0.29, 0.717) is 17.9 Å². The molecular weight excluding hydrogens is 315 g/mol. The lowest BCUT2D eigenvalue weighted by atomic mass is 10.2. The molecule has 2 aromatic rings. The van der Waals surface area contributed by atoms with Gasteiger partial charge in [-0.15, -0.1) is 0 Å². The number of aromatic nitrogens is 1. The Hall–Kier alpha value is -1.98. The number of hydrogen-bond donors (Lipinski definition) is 1. The molecule has 0 aliphatic carbocycles. The largest absolute Gasteiger partial charge is 0.353 e. The third-order valence-electron chi connectivity index (χ3n) is 5.22. The van der Waals surface area contributed by atoms with Crippen LogP contribution in [0.25, 0.3) is 0 Å². The van der Waals surface area contributed by atoms with Crippen molar-refractivity contribution in [2.45, 2.75) is 31.5 Å². The molecule has 2 atom stereocenters. The van der Waals surface area contributed by atoms with Crippen LogP contribution in [-0.2, 0) is 6.54 Å². The number of pyridine rings is 1. The highest BCUT2D eigenvalue weighted by molar-refractivity contribution is 5.41. The number of nitrogens with zero attached hydrogens (tertiary/aromatic N) is 3. The van der Waals surface area contributed by atoms with Gasteiger partial charge in [0.15, 0.2) is 11.6 Å². The van der Waals surface area contributed by atoms with Crippen molar-refractivity contribution < 1.29 is 4.39 Å². The molecule has 0 amide bonds. The second-order valence-corrected chi connectivity index (χ2v) is 7.11. The average Bonchev–Trinajstić information content (AvgIpc) is 3.26. The third kappa shape index (κ3) is 3.99. The molecule has 25 heavy (non-hydrogen) atoms. The van der Waals surface area contributed by atoms with E-state index in [1.54, 1.807) is 12.3 Å². The van der Waals surface area contributed by atoms with Crippen LogP contribution in [0.15, 0.2) is 48.7 Å². The maximum Gasteiger partial charge on any atom is 0.165 e. The fourth-order valence-electron chi connectivity index (χ4n) is 3.99. The number of nitrogens with one attached hydrogen (secondary N) is 1. The summed E-state index contributed by atoms with van der Waals surface area (Å²) in [5.41, 5.74) is 1.38. The zero-order valence-electron chi connectivity index (χ0n) is 14.4. The molecule has 1 N–H and O–H groups in total. The average molecular weight is 340 g/mol. The van der Waals surface area contributed by atoms with Gasteiger partial charge in [0, 0.05) is 51.0 Å². The third-order valence-corrected chi connectivity index (χ3v) is 5.22. The second-order valence-electron chi connectivity index (χ2n) is 7.11. The predicted octanol–water partition coefficient (Wildman–Crippen LogP) is 2.66. The minimum atomic E-state index is -0.224. The minimum absolute atomic E-state index is 0.224. The van der Waals surface area contributed by atoms with Gasteiger partial charge in [-0.05, 0) is 30.5 Å². The molecule has 4 nitrogen and oxygen atoms in total. The minimum Gasteiger partial charge on any atom is -0.353 e. The van der Waals surface area contributed by atoms with Gasteiger partial charge in [0.2, 0.25) is 0 Å². The molecule has 1 aromatic carbocycles. The molecule has 132 valence electrons. The number of anilines is 1. The van der Waals surface area contributed by atoms with Crippen LogP contribution in [0.4, 0.5) is 10.2 Å². The highest BCUT2D eigenvalue weighted by atomic mass is 19.1. The molecule has 2 aliphatic rings. The van der Waals surface area contributed by atoms with Crippen molar-refractivity contribution >= 4 is 5.82 Å². The van der Waals surface area contributed by atoms with Crippen molar-refractivity contribution in [1.82, 2.24) is 15.2 Å². The van der Waals surface area contributed by atoms with Crippen molar-refractivity contribution in [3.63, 3.8) is 0 Å². The van der Waals surface area contributed by atoms with E-state index < -0.39 is 0 Å². The summed E-state index contributed by atoms with van der Waals surface area (Å²) in [5, 5.41) is 3.78. The molecule has 0 saturated carbocycles. The Labute approximate surface area is 148 Å². The smallest absolute Gasteiger partial charge is 0.165 e. The predicted molar refractivity (Wildman–Crippen MR) is 98.1 cm³/mol. The lowest BCUT2D eigenvalue weighted by Gasteiger charge is -2.21. The quantitative estimate of drug-likeness (QED) is 0.907. The van der Waals surface area contributed by atoms with Gasteiger partial charge < -0.3 is 10.2 Å². The van der Waals surface area contributed by atoms with Crippen LogP contribution in [0, 0.1) is 5.82 Å². The maximum absolute atomic E-state index is 13.9. The summed E-state index contributed by atoms with van der Waals surface area (Å²) in [5.74, 6) is 0.266. The monoisotopic (exact) mass is 340 g/mol. The molecule has 0 spiro atoms. The van der Waals surface area contributed by atoms with Gasteiger partial charge in [-0.25, -0.2) is 9.37 Å². The van der Waals surface area contributed by atoms with Gasteiger partial charge in [0.1, 0.15) is 0 Å². The highest BCUT2D eigenvalue weighted by Crippen LogP contribution is 2.22. The van der Waals surface area contributed by atoms with Gasteiger partial charge in [0.25, 0.3) is 0 Å². The van der Waals surface area contributed by atoms with E-state index in [0.717, 1.165) is 39.1 Å². The van der Waals surface area contributed by atoms with Crippen LogP contribution in [0.1, 0.15) is 18.4 Å². The number of halogens is 1. The molecule has 0 bridgehead atoms. The summed E-state index contributed by atoms with van der Waals surface area (Å²) < 4.78 is 13.9. The van der Waals surface area contributed by atoms with Gasteiger partial charge >= 0.3 is 0 Å². The van der Waals surface area contributed by atoms with Crippen LogP contribution >= 0.6 is 0 Å². The molecule has 3 heterocycles. The number of likely N-dealkylation sites (tertiary alicyclic amines) is 1. The standard InChI is InChI=1S/C20H25FN4/c21-19-7-4-10-22-20(19)25-12-9-18(15-25)23-17-8-11-24(14-17)13-16-5-2-1-3-6-16/h1-7,10,17-18,23H,8-9,11-15H2/t17-,18+/m1/s1. The fourth-order valence-corrected chi connectivity index (χ4v) is 3.99. The summed E-state index contributed by atoms with van der Waals surface area (Å²) in [7, 11) is 0. The van der Waals surface area contributed by atoms with Gasteiger partial charge in [-0.2, -0.15) is 0 Å². The molecule has 2 fully saturated rings. The van der Waals surface area contributed by atoms with Crippen molar-refractivity contribution in [2.24, 2.45) is 0 Å². The molecule has 0 unspecified atom stereocenters. The first-order valence-electron chi connectivity index (χ1n) is 9.16. The summed E-state index contributed by atoms with van der Waals surface area (Å²) in [6, 6.07) is 14.7. The van der Waals surface area contributed by atoms with E-state index >= 15 is 0 Å². The lowest BCUT2D eigenvalue weighted by molar-refractivity contribution is 0.315. The topological polar surface area (TPSA) is 31.4 Å². The summed E-state index contributed by atoms with van der Waals surface area (Å²) in [4.78, 5) is 8.77. The SMILES string of the molecule is Fc1cccnc1N1CC[C@H](N[C@@H]2CCN(Cc3ccccc3)C2)C1. The molecule has 4 rings (SSSR count). The van der Waals surface area contributed by atoms with E-state index in [2.05, 4.69) is 50.4 Å². The molecule has 0 radical (unpaired) electrons. The normalized spacial score (nSPS) is 24.1. The first-order chi connectivity index (χ1) is 12.3. The molecule has 5 heteroatoms. The second kappa shape index (κ2) is 7.50. The molecule has 2 saturated heterocycles. The zero-order chi connectivity index (χ0) is 17.1. The lowest BCUT2D eigenvalue weighted by Crippen LogP contribution is -2.41. The van der Waals surface area contributed by atoms with Gasteiger partial charge in [-0.1, -0.05) is 30.3 Å². The first-order valence-corrected chi connectivity index (χ1v) is 9.16. The maximum atomic E-state index is 13.9. The van der Waals surface area contributed by atoms with Crippen molar-refractivity contribution in [2.75, 3.05) is 31.1 Å². The van der Waals surface area contributed by atoms with Crippen molar-refractivity contribution in [3.05, 3.63) is 60.0 Å². The Morgan fingerprint density at radius 1 is 1.00 bits per heavy atom. The van der Waals surface area contributed by atoms with Crippen LogP contribution in [0.2, 0.25) is 0 Å². The molecular formula is C20H25FN4. The van der Waals surface area contributed by atoms with Gasteiger partial charge in [-0.3, -0.25) is 4.90 Å². The van der Waals surface area contributed by atoms with Gasteiger partial charge in [0.05, 0.1) is 0 Å². The van der Waals surface area contributed by atoms with E-state index in [9.17, 15) is 4.39 Å². The van der Waals surface area contributed by atoms with Crippen molar-refractivity contribution in [1.29, 1.82) is 0 Å². The number of benzene rings is 1. The fraction of sp³-hybridized carbons (Fsp3) is 0.450. The van der Waals surface area contributed by atoms with Crippen LogP contribution in [0.5, 0.6) is 0 Å². The van der Waals surface area contributed by atoms with Crippen LogP contribution in [-0.4, -0.2) is 48.1 Å². The first kappa shape index (κ1) is 16.5. The number of rotatable bonds is 5. The Bertz CT molecular complexity index is 693. The van der Waals surface area contributed by atoms with E-state index in [1.807, 2.05) is 0 Å². The Morgan fingerprint density at radius 2 is 1.80 bits per heavy atom. The van der Waals surface area contributed by atoms with Crippen LogP contribution in [0.3, 0.4) is 0 Å². The van der Waals surface area contributed by atoms with Crippen LogP contribution < -0.4 is 10.2 Å². The highest BCUT2D eigenvalue weighted by Gasteiger charge is 2.29. The Kier molecular flexibility index (Phi) is 4.95. The van der Waals surface area contributed by atoms with Crippen molar-refractivity contribution in [3.8, 4) is 0 Å². The summed E-state index contributed by atoms with van der Waals surface area (Å²) in [6.07, 6.45) is 3.89. The Morgan fingerprint density at radius 3 is 2.64 bits per heavy atom. The van der Waals surface area contributed by atoms with E-state index in [1.165, 1.54) is 18.1 Å². The van der Waals surface area contributed by atoms with E-state index in [-0.39, 0.29) is 5.82 Å².